The predicted molar refractivity (Wildman–Crippen MR) is 123 cm³/mol. The van der Waals surface area contributed by atoms with Crippen molar-refractivity contribution in [3.05, 3.63) is 65.7 Å². The van der Waals surface area contributed by atoms with Crippen LogP contribution in [0.15, 0.2) is 58.9 Å². The lowest BCUT2D eigenvalue weighted by atomic mass is 10.2. The first-order valence-corrected chi connectivity index (χ1v) is 12.8. The molecule has 0 saturated heterocycles. The second kappa shape index (κ2) is 9.59. The van der Waals surface area contributed by atoms with E-state index in [0.29, 0.717) is 10.8 Å². The number of nitrogens with zero attached hydrogens (tertiary/aromatic N) is 3. The van der Waals surface area contributed by atoms with E-state index >= 15 is 0 Å². The molecular formula is C20H22N4O3S3. The van der Waals surface area contributed by atoms with E-state index in [1.54, 1.807) is 25.1 Å². The highest BCUT2D eigenvalue weighted by atomic mass is 32.2. The van der Waals surface area contributed by atoms with Crippen molar-refractivity contribution in [3.63, 3.8) is 0 Å². The van der Waals surface area contributed by atoms with Gasteiger partial charge in [-0.15, -0.1) is 10.2 Å². The number of nitrogens with one attached hydrogen (secondary N) is 1. The first kappa shape index (κ1) is 22.3. The molecule has 0 unspecified atom stereocenters. The van der Waals surface area contributed by atoms with Crippen LogP contribution in [-0.4, -0.2) is 36.8 Å². The number of rotatable bonds is 8. The maximum atomic E-state index is 12.8. The average Bonchev–Trinajstić information content (AvgIpc) is 3.13. The highest BCUT2D eigenvalue weighted by molar-refractivity contribution is 8.00. The van der Waals surface area contributed by atoms with E-state index in [4.69, 9.17) is 0 Å². The molecule has 1 aromatic heterocycles. The topological polar surface area (TPSA) is 92.3 Å². The predicted octanol–water partition coefficient (Wildman–Crippen LogP) is 3.93. The number of sulfonamides is 1. The molecule has 0 fully saturated rings. The highest BCUT2D eigenvalue weighted by Gasteiger charge is 2.29. The van der Waals surface area contributed by atoms with Crippen LogP contribution >= 0.6 is 23.1 Å². The maximum absolute atomic E-state index is 12.8. The van der Waals surface area contributed by atoms with E-state index in [0.717, 1.165) is 26.2 Å². The lowest BCUT2D eigenvalue weighted by Gasteiger charge is -2.28. The van der Waals surface area contributed by atoms with Gasteiger partial charge in [0.25, 0.3) is 0 Å². The van der Waals surface area contributed by atoms with E-state index in [-0.39, 0.29) is 0 Å². The van der Waals surface area contributed by atoms with Crippen molar-refractivity contribution in [1.82, 2.24) is 10.2 Å². The Balaban J connectivity index is 1.69. The zero-order valence-electron chi connectivity index (χ0n) is 16.8. The largest absolute Gasteiger partial charge is 0.299 e. The molecule has 7 nitrogen and oxygen atoms in total. The fourth-order valence-electron chi connectivity index (χ4n) is 2.82. The Morgan fingerprint density at radius 3 is 2.57 bits per heavy atom. The number of aromatic nitrogens is 2. The molecule has 1 heterocycles. The van der Waals surface area contributed by atoms with Crippen LogP contribution < -0.4 is 9.62 Å². The van der Waals surface area contributed by atoms with Crippen LogP contribution in [0.25, 0.3) is 0 Å². The van der Waals surface area contributed by atoms with Gasteiger partial charge in [0.05, 0.1) is 11.9 Å². The Bertz CT molecular complexity index is 1120. The van der Waals surface area contributed by atoms with E-state index in [1.165, 1.54) is 28.7 Å². The van der Waals surface area contributed by atoms with Crippen molar-refractivity contribution in [2.75, 3.05) is 15.9 Å². The van der Waals surface area contributed by atoms with Gasteiger partial charge in [0.1, 0.15) is 6.04 Å². The molecule has 0 aliphatic heterocycles. The van der Waals surface area contributed by atoms with Crippen molar-refractivity contribution in [2.45, 2.75) is 30.0 Å². The van der Waals surface area contributed by atoms with Crippen LogP contribution in [0, 0.1) is 6.92 Å². The standard InChI is InChI=1S/C20H22N4O3S3/c1-14-8-7-11-17(12-14)24(30(3,26)27)15(2)18(25)21-19-22-23-20(29-19)28-13-16-9-5-4-6-10-16/h4-12,15H,13H2,1-3H3,(H,21,22,25)/t15-/m0/s1. The van der Waals surface area contributed by atoms with Crippen molar-refractivity contribution < 1.29 is 13.2 Å². The molecule has 0 spiro atoms. The number of aryl methyl sites for hydroxylation is 1. The molecule has 0 aliphatic rings. The average molecular weight is 463 g/mol. The van der Waals surface area contributed by atoms with Crippen LogP contribution in [0.3, 0.4) is 0 Å². The summed E-state index contributed by atoms with van der Waals surface area (Å²) in [6.45, 7) is 3.41. The molecule has 2 aromatic carbocycles. The number of hydrogen-bond donors (Lipinski definition) is 1. The Morgan fingerprint density at radius 2 is 1.90 bits per heavy atom. The summed E-state index contributed by atoms with van der Waals surface area (Å²) < 4.78 is 26.6. The zero-order valence-corrected chi connectivity index (χ0v) is 19.2. The van der Waals surface area contributed by atoms with Gasteiger partial charge in [-0.25, -0.2) is 8.42 Å². The van der Waals surface area contributed by atoms with E-state index in [2.05, 4.69) is 15.5 Å². The fourth-order valence-corrected chi connectivity index (χ4v) is 5.70. The first-order chi connectivity index (χ1) is 14.2. The number of amides is 1. The summed E-state index contributed by atoms with van der Waals surface area (Å²) >= 11 is 2.78. The third-order valence-corrected chi connectivity index (χ3v) is 7.47. The second-order valence-electron chi connectivity index (χ2n) is 6.71. The van der Waals surface area contributed by atoms with Crippen LogP contribution in [0.1, 0.15) is 18.1 Å². The van der Waals surface area contributed by atoms with E-state index in [1.807, 2.05) is 43.3 Å². The Kier molecular flexibility index (Phi) is 7.11. The third kappa shape index (κ3) is 5.80. The monoisotopic (exact) mass is 462 g/mol. The van der Waals surface area contributed by atoms with Gasteiger partial charge < -0.3 is 0 Å². The summed E-state index contributed by atoms with van der Waals surface area (Å²) in [5.41, 5.74) is 2.51. The van der Waals surface area contributed by atoms with Crippen molar-refractivity contribution in [1.29, 1.82) is 0 Å². The van der Waals surface area contributed by atoms with Crippen LogP contribution in [0.4, 0.5) is 10.8 Å². The first-order valence-electron chi connectivity index (χ1n) is 9.11. The summed E-state index contributed by atoms with van der Waals surface area (Å²) in [5, 5.41) is 11.1. The molecule has 3 rings (SSSR count). The van der Waals surface area contributed by atoms with Crippen LogP contribution in [0.2, 0.25) is 0 Å². The molecule has 0 radical (unpaired) electrons. The lowest BCUT2D eigenvalue weighted by Crippen LogP contribution is -2.45. The second-order valence-corrected chi connectivity index (χ2v) is 10.8. The molecule has 1 N–H and O–H groups in total. The van der Waals surface area contributed by atoms with Crippen molar-refractivity contribution in [2.24, 2.45) is 0 Å². The summed E-state index contributed by atoms with van der Waals surface area (Å²) in [6.07, 6.45) is 1.09. The number of thioether (sulfide) groups is 1. The van der Waals surface area contributed by atoms with Gasteiger partial charge in [-0.2, -0.15) is 0 Å². The molecule has 1 amide bonds. The van der Waals surface area contributed by atoms with Gasteiger partial charge in [-0.05, 0) is 37.1 Å². The number of benzene rings is 2. The fraction of sp³-hybridized carbons (Fsp3) is 0.250. The van der Waals surface area contributed by atoms with Gasteiger partial charge in [0.2, 0.25) is 21.1 Å². The minimum Gasteiger partial charge on any atom is -0.299 e. The van der Waals surface area contributed by atoms with Crippen molar-refractivity contribution in [3.8, 4) is 0 Å². The molecule has 0 bridgehead atoms. The van der Waals surface area contributed by atoms with E-state index < -0.39 is 22.0 Å². The Hall–Kier alpha value is -2.43. The number of carbonyl (C=O) groups excluding carboxylic acids is 1. The summed E-state index contributed by atoms with van der Waals surface area (Å²) in [6, 6.07) is 16.0. The summed E-state index contributed by atoms with van der Waals surface area (Å²) in [7, 11) is -3.67. The third-order valence-electron chi connectivity index (χ3n) is 4.19. The minimum atomic E-state index is -3.67. The van der Waals surface area contributed by atoms with E-state index in [9.17, 15) is 13.2 Å². The molecule has 3 aromatic rings. The molecule has 30 heavy (non-hydrogen) atoms. The van der Waals surface area contributed by atoms with Crippen molar-refractivity contribution >= 4 is 49.8 Å². The van der Waals surface area contributed by atoms with Gasteiger partial charge in [-0.1, -0.05) is 65.6 Å². The smallest absolute Gasteiger partial charge is 0.249 e. The quantitative estimate of drug-likeness (QED) is 0.403. The minimum absolute atomic E-state index is 0.333. The summed E-state index contributed by atoms with van der Waals surface area (Å²) in [4.78, 5) is 12.8. The molecule has 10 heteroatoms. The molecule has 1 atom stereocenters. The maximum Gasteiger partial charge on any atom is 0.249 e. The molecule has 0 saturated carbocycles. The molecule has 158 valence electrons. The normalized spacial score (nSPS) is 12.4. The molecular weight excluding hydrogens is 440 g/mol. The zero-order chi connectivity index (χ0) is 21.7. The van der Waals surface area contributed by atoms with Gasteiger partial charge in [-0.3, -0.25) is 14.4 Å². The highest BCUT2D eigenvalue weighted by Crippen LogP contribution is 2.29. The summed E-state index contributed by atoms with van der Waals surface area (Å²) in [5.74, 6) is 0.271. The van der Waals surface area contributed by atoms with Gasteiger partial charge >= 0.3 is 0 Å². The van der Waals surface area contributed by atoms with Crippen LogP contribution in [-0.2, 0) is 20.6 Å². The SMILES string of the molecule is Cc1cccc(N([C@@H](C)C(=O)Nc2nnc(SCc3ccccc3)s2)S(C)(=O)=O)c1. The molecule has 0 aliphatic carbocycles. The lowest BCUT2D eigenvalue weighted by molar-refractivity contribution is -0.116. The number of hydrogen-bond acceptors (Lipinski definition) is 7. The Labute approximate surface area is 184 Å². The van der Waals surface area contributed by atoms with Crippen LogP contribution in [0.5, 0.6) is 0 Å². The number of carbonyl (C=O) groups is 1. The Morgan fingerprint density at radius 1 is 1.17 bits per heavy atom. The van der Waals surface area contributed by atoms with Gasteiger partial charge in [0.15, 0.2) is 4.34 Å². The van der Waals surface area contributed by atoms with Gasteiger partial charge in [0, 0.05) is 5.75 Å². The number of anilines is 2.